The van der Waals surface area contributed by atoms with Crippen LogP contribution in [0, 0.1) is 5.41 Å². The molecule has 0 fully saturated rings. The molecule has 0 aliphatic rings. The maximum Gasteiger partial charge on any atom is 0.307 e. The number of nitrogens with zero attached hydrogens (tertiary/aromatic N) is 5. The van der Waals surface area contributed by atoms with Gasteiger partial charge in [-0.15, -0.1) is 0 Å². The quantitative estimate of drug-likeness (QED) is 0.216. The molecule has 8 nitrogen and oxygen atoms in total. The summed E-state index contributed by atoms with van der Waals surface area (Å²) in [5.41, 5.74) is 2.65. The second kappa shape index (κ2) is 9.59. The molecule has 0 bridgehead atoms. The number of rotatable bonds is 6. The lowest BCUT2D eigenvalue weighted by Gasteiger charge is -2.31. The van der Waals surface area contributed by atoms with E-state index in [0.29, 0.717) is 27.7 Å². The first kappa shape index (κ1) is 24.0. The van der Waals surface area contributed by atoms with Crippen LogP contribution in [0.1, 0.15) is 27.2 Å². The minimum Gasteiger partial charge on any atom is -0.469 e. The highest BCUT2D eigenvalue weighted by Crippen LogP contribution is 2.35. The molecule has 4 aromatic heterocycles. The molecule has 0 aliphatic heterocycles. The molecule has 172 valence electrons. The van der Waals surface area contributed by atoms with E-state index < -0.39 is 0 Å². The van der Waals surface area contributed by atoms with Gasteiger partial charge >= 0.3 is 5.97 Å². The lowest BCUT2D eigenvalue weighted by Crippen LogP contribution is -2.36. The molecular weight excluding hydrogens is 575 g/mol. The van der Waals surface area contributed by atoms with Crippen molar-refractivity contribution in [2.24, 2.45) is 5.41 Å². The second-order valence-electron chi connectivity index (χ2n) is 8.57. The Balaban J connectivity index is 1.89. The minimum absolute atomic E-state index is 0.192. The lowest BCUT2D eigenvalue weighted by atomic mass is 9.84. The van der Waals surface area contributed by atoms with Crippen molar-refractivity contribution in [1.29, 1.82) is 0 Å². The molecule has 0 aromatic carbocycles. The van der Waals surface area contributed by atoms with Gasteiger partial charge in [0.1, 0.15) is 5.52 Å². The molecule has 0 spiro atoms. The first-order valence-corrected chi connectivity index (χ1v) is 13.8. The minimum atomic E-state index is -0.295. The summed E-state index contributed by atoms with van der Waals surface area (Å²) in [5.74, 6) is 0.774. The third-order valence-electron chi connectivity index (χ3n) is 5.30. The van der Waals surface area contributed by atoms with Crippen LogP contribution >= 0.6 is 41.9 Å². The Hall–Kier alpha value is -2.18. The van der Waals surface area contributed by atoms with Gasteiger partial charge in [-0.05, 0) is 23.6 Å². The SMILES string of the molecule is COC(=O)CC(Nc1nc(-c2cn(SI)c3ncc(Cl)cc23)nc2cccnc12)C(C)(C)C. The fourth-order valence-corrected chi connectivity index (χ4v) is 4.88. The first-order chi connectivity index (χ1) is 15.7. The summed E-state index contributed by atoms with van der Waals surface area (Å²) in [6.07, 6.45) is 5.46. The highest BCUT2D eigenvalue weighted by Gasteiger charge is 2.29. The van der Waals surface area contributed by atoms with Gasteiger partial charge < -0.3 is 10.1 Å². The largest absolute Gasteiger partial charge is 0.469 e. The predicted molar refractivity (Wildman–Crippen MR) is 142 cm³/mol. The molecule has 33 heavy (non-hydrogen) atoms. The fraction of sp³-hybridized carbons (Fsp3) is 0.318. The van der Waals surface area contributed by atoms with Gasteiger partial charge in [0.15, 0.2) is 17.3 Å². The number of halogens is 2. The van der Waals surface area contributed by atoms with E-state index in [0.717, 1.165) is 16.6 Å². The Morgan fingerprint density at radius 3 is 2.82 bits per heavy atom. The van der Waals surface area contributed by atoms with Crippen LogP contribution in [0.25, 0.3) is 33.5 Å². The summed E-state index contributed by atoms with van der Waals surface area (Å²) in [4.78, 5) is 30.7. The summed E-state index contributed by atoms with van der Waals surface area (Å²) in [5, 5.41) is 4.83. The van der Waals surface area contributed by atoms with Crippen LogP contribution in [0.4, 0.5) is 5.82 Å². The van der Waals surface area contributed by atoms with Gasteiger partial charge in [0, 0.05) is 65.9 Å². The van der Waals surface area contributed by atoms with Crippen LogP contribution in [0.15, 0.2) is 36.8 Å². The molecule has 11 heteroatoms. The van der Waals surface area contributed by atoms with Crippen molar-refractivity contribution in [3.05, 3.63) is 41.8 Å². The highest BCUT2D eigenvalue weighted by molar-refractivity contribution is 14.2. The maximum absolute atomic E-state index is 12.1. The van der Waals surface area contributed by atoms with E-state index in [2.05, 4.69) is 57.3 Å². The number of ether oxygens (including phenoxy) is 1. The summed E-state index contributed by atoms with van der Waals surface area (Å²) < 4.78 is 6.86. The molecule has 4 rings (SSSR count). The van der Waals surface area contributed by atoms with E-state index in [1.54, 1.807) is 12.4 Å². The average Bonchev–Trinajstić information content (AvgIpc) is 3.15. The third kappa shape index (κ3) is 5.02. The summed E-state index contributed by atoms with van der Waals surface area (Å²) in [6, 6.07) is 5.35. The fourth-order valence-electron chi connectivity index (χ4n) is 3.46. The van der Waals surface area contributed by atoms with Crippen LogP contribution in [-0.2, 0) is 9.53 Å². The molecule has 0 amide bonds. The Kier molecular flexibility index (Phi) is 6.96. The Labute approximate surface area is 212 Å². The molecule has 0 radical (unpaired) electrons. The molecule has 1 unspecified atom stereocenters. The number of esters is 1. The number of anilines is 1. The maximum atomic E-state index is 12.1. The van der Waals surface area contributed by atoms with Gasteiger partial charge in [-0.2, -0.15) is 0 Å². The summed E-state index contributed by atoms with van der Waals surface area (Å²) in [6.45, 7) is 6.18. The van der Waals surface area contributed by atoms with Crippen molar-refractivity contribution in [3.8, 4) is 11.4 Å². The van der Waals surface area contributed by atoms with Gasteiger partial charge in [0.25, 0.3) is 0 Å². The average molecular weight is 597 g/mol. The zero-order valence-electron chi connectivity index (χ0n) is 18.5. The number of aromatic nitrogens is 5. The molecule has 0 saturated heterocycles. The molecule has 1 atom stereocenters. The monoisotopic (exact) mass is 596 g/mol. The molecule has 4 aromatic rings. The number of carbonyl (C=O) groups excluding carboxylic acids is 1. The van der Waals surface area contributed by atoms with Gasteiger partial charge in [0.05, 0.1) is 24.1 Å². The highest BCUT2D eigenvalue weighted by atomic mass is 127. The number of carbonyl (C=O) groups is 1. The third-order valence-corrected chi connectivity index (χ3v) is 7.21. The van der Waals surface area contributed by atoms with E-state index in [1.165, 1.54) is 16.2 Å². The van der Waals surface area contributed by atoms with Crippen molar-refractivity contribution >= 4 is 75.8 Å². The van der Waals surface area contributed by atoms with Crippen LogP contribution < -0.4 is 5.32 Å². The van der Waals surface area contributed by atoms with Crippen molar-refractivity contribution in [3.63, 3.8) is 0 Å². The number of fused-ring (bicyclic) bond motifs is 2. The Morgan fingerprint density at radius 1 is 1.33 bits per heavy atom. The molecule has 1 N–H and O–H groups in total. The number of nitrogens with one attached hydrogen (secondary N) is 1. The smallest absolute Gasteiger partial charge is 0.307 e. The number of methoxy groups -OCH3 is 1. The van der Waals surface area contributed by atoms with Gasteiger partial charge in [0.2, 0.25) is 0 Å². The van der Waals surface area contributed by atoms with E-state index in [-0.39, 0.29) is 23.8 Å². The van der Waals surface area contributed by atoms with E-state index in [9.17, 15) is 4.79 Å². The van der Waals surface area contributed by atoms with Crippen LogP contribution in [0.3, 0.4) is 0 Å². The first-order valence-electron chi connectivity index (χ1n) is 10.1. The summed E-state index contributed by atoms with van der Waals surface area (Å²) in [7, 11) is 2.89. The lowest BCUT2D eigenvalue weighted by molar-refractivity contribution is -0.141. The zero-order valence-corrected chi connectivity index (χ0v) is 22.2. The van der Waals surface area contributed by atoms with Crippen LogP contribution in [0.5, 0.6) is 0 Å². The van der Waals surface area contributed by atoms with Crippen molar-refractivity contribution in [1.82, 2.24) is 23.9 Å². The molecular formula is C22H22ClIN6O2S. The van der Waals surface area contributed by atoms with E-state index in [1.807, 2.05) is 28.4 Å². The van der Waals surface area contributed by atoms with Gasteiger partial charge in [-0.25, -0.2) is 15.0 Å². The molecule has 0 aliphatic carbocycles. The number of hydrogen-bond acceptors (Lipinski definition) is 8. The van der Waals surface area contributed by atoms with Crippen molar-refractivity contribution in [2.75, 3.05) is 12.4 Å². The van der Waals surface area contributed by atoms with E-state index >= 15 is 0 Å². The normalized spacial score (nSPS) is 12.8. The van der Waals surface area contributed by atoms with Crippen molar-refractivity contribution < 1.29 is 9.53 Å². The topological polar surface area (TPSA) is 94.8 Å². The van der Waals surface area contributed by atoms with Crippen LogP contribution in [0.2, 0.25) is 5.02 Å². The number of pyridine rings is 2. The Bertz CT molecular complexity index is 1340. The van der Waals surface area contributed by atoms with Gasteiger partial charge in [-0.1, -0.05) is 32.4 Å². The van der Waals surface area contributed by atoms with Gasteiger partial charge in [-0.3, -0.25) is 13.8 Å². The molecule has 4 heterocycles. The second-order valence-corrected chi connectivity index (χ2v) is 10.7. The molecule has 0 saturated carbocycles. The Morgan fingerprint density at radius 2 is 2.12 bits per heavy atom. The predicted octanol–water partition coefficient (Wildman–Crippen LogP) is 5.93. The summed E-state index contributed by atoms with van der Waals surface area (Å²) >= 11 is 8.45. The number of hydrogen-bond donors (Lipinski definition) is 1. The standard InChI is InChI=1S/C22H22ClIN6O2S/c1-22(2,3)16(9-17(31)32-4)28-20-18-15(6-5-7-25-18)27-19(29-20)14-11-30(33-24)21-13(14)8-12(23)10-26-21/h5-8,10-11,16H,9H2,1-4H3,(H,27,28,29). The van der Waals surface area contributed by atoms with Crippen LogP contribution in [-0.4, -0.2) is 43.0 Å². The van der Waals surface area contributed by atoms with Crippen molar-refractivity contribution in [2.45, 2.75) is 33.2 Å². The van der Waals surface area contributed by atoms with E-state index in [4.69, 9.17) is 26.3 Å². The zero-order chi connectivity index (χ0) is 23.8.